The third-order valence-electron chi connectivity index (χ3n) is 3.93. The Bertz CT molecular complexity index is 982. The van der Waals surface area contributed by atoms with Gasteiger partial charge >= 0.3 is 5.97 Å². The Morgan fingerprint density at radius 2 is 1.57 bits per heavy atom. The number of halogens is 1. The number of esters is 1. The Morgan fingerprint density at radius 1 is 0.893 bits per heavy atom. The number of anilines is 1. The van der Waals surface area contributed by atoms with Crippen molar-refractivity contribution < 1.29 is 18.7 Å². The molecule has 28 heavy (non-hydrogen) atoms. The minimum Gasteiger partial charge on any atom is -0.458 e. The van der Waals surface area contributed by atoms with Gasteiger partial charge in [0.1, 0.15) is 12.4 Å². The topological polar surface area (TPSA) is 55.4 Å². The molecule has 0 heterocycles. The monoisotopic (exact) mass is 375 g/mol. The third kappa shape index (κ3) is 5.38. The van der Waals surface area contributed by atoms with Crippen molar-refractivity contribution in [2.45, 2.75) is 6.61 Å². The lowest BCUT2D eigenvalue weighted by atomic mass is 10.1. The zero-order valence-corrected chi connectivity index (χ0v) is 15.0. The average molecular weight is 375 g/mol. The third-order valence-corrected chi connectivity index (χ3v) is 3.93. The second kappa shape index (κ2) is 9.28. The van der Waals surface area contributed by atoms with Crippen LogP contribution >= 0.6 is 0 Å². The Kier molecular flexibility index (Phi) is 6.31. The highest BCUT2D eigenvalue weighted by atomic mass is 19.1. The minimum absolute atomic E-state index is 0.0566. The summed E-state index contributed by atoms with van der Waals surface area (Å²) in [7, 11) is 0. The van der Waals surface area contributed by atoms with Crippen molar-refractivity contribution in [3.63, 3.8) is 0 Å². The summed E-state index contributed by atoms with van der Waals surface area (Å²) in [5.74, 6) is -1.20. The number of ether oxygens (including phenoxy) is 1. The van der Waals surface area contributed by atoms with Crippen LogP contribution in [0, 0.1) is 5.82 Å². The van der Waals surface area contributed by atoms with E-state index in [4.69, 9.17) is 4.74 Å². The quantitative estimate of drug-likeness (QED) is 0.496. The maximum atomic E-state index is 13.5. The molecule has 5 heteroatoms. The molecule has 3 aromatic rings. The number of hydrogen-bond donors (Lipinski definition) is 1. The second-order valence-electron chi connectivity index (χ2n) is 5.98. The summed E-state index contributed by atoms with van der Waals surface area (Å²) >= 11 is 0. The van der Waals surface area contributed by atoms with Crippen molar-refractivity contribution in [1.29, 1.82) is 0 Å². The Morgan fingerprint density at radius 3 is 2.29 bits per heavy atom. The van der Waals surface area contributed by atoms with Gasteiger partial charge < -0.3 is 10.1 Å². The fourth-order valence-electron chi connectivity index (χ4n) is 2.45. The number of nitrogens with one attached hydrogen (secondary N) is 1. The van der Waals surface area contributed by atoms with Crippen molar-refractivity contribution in [2.75, 3.05) is 5.32 Å². The van der Waals surface area contributed by atoms with Crippen LogP contribution in [0.5, 0.6) is 0 Å². The molecular formula is C23H18FNO3. The van der Waals surface area contributed by atoms with Gasteiger partial charge in [-0.15, -0.1) is 0 Å². The van der Waals surface area contributed by atoms with E-state index in [0.717, 1.165) is 5.56 Å². The van der Waals surface area contributed by atoms with Gasteiger partial charge in [-0.25, -0.2) is 9.18 Å². The van der Waals surface area contributed by atoms with Crippen molar-refractivity contribution in [3.05, 3.63) is 107 Å². The Labute approximate surface area is 162 Å². The van der Waals surface area contributed by atoms with E-state index in [1.54, 1.807) is 54.6 Å². The largest absolute Gasteiger partial charge is 0.458 e. The van der Waals surface area contributed by atoms with E-state index in [1.807, 2.05) is 18.2 Å². The van der Waals surface area contributed by atoms with Crippen LogP contribution in [0.4, 0.5) is 10.1 Å². The predicted octanol–water partition coefficient (Wildman–Crippen LogP) is 4.83. The second-order valence-corrected chi connectivity index (χ2v) is 5.98. The lowest BCUT2D eigenvalue weighted by molar-refractivity contribution is -0.138. The first kappa shape index (κ1) is 19.0. The van der Waals surface area contributed by atoms with E-state index < -0.39 is 11.8 Å². The zero-order chi connectivity index (χ0) is 19.8. The summed E-state index contributed by atoms with van der Waals surface area (Å²) in [5.41, 5.74) is 2.27. The molecule has 0 bridgehead atoms. The van der Waals surface area contributed by atoms with Gasteiger partial charge in [0, 0.05) is 22.9 Å². The normalized spacial score (nSPS) is 10.6. The Balaban J connectivity index is 1.52. The van der Waals surface area contributed by atoms with Crippen molar-refractivity contribution in [3.8, 4) is 0 Å². The van der Waals surface area contributed by atoms with Crippen LogP contribution in [0.25, 0.3) is 6.08 Å². The molecule has 0 saturated heterocycles. The molecular weight excluding hydrogens is 357 g/mol. The number of carbonyl (C=O) groups excluding carboxylic acids is 2. The molecule has 140 valence electrons. The predicted molar refractivity (Wildman–Crippen MR) is 106 cm³/mol. The molecule has 0 aliphatic carbocycles. The molecule has 3 rings (SSSR count). The van der Waals surface area contributed by atoms with E-state index in [2.05, 4.69) is 5.32 Å². The number of benzene rings is 3. The van der Waals surface area contributed by atoms with Gasteiger partial charge in [-0.1, -0.05) is 48.5 Å². The molecule has 1 N–H and O–H groups in total. The molecule has 0 aliphatic heterocycles. The van der Waals surface area contributed by atoms with E-state index in [1.165, 1.54) is 18.2 Å². The first-order valence-electron chi connectivity index (χ1n) is 8.66. The van der Waals surface area contributed by atoms with Gasteiger partial charge in [-0.05, 0) is 42.0 Å². The molecule has 3 aromatic carbocycles. The van der Waals surface area contributed by atoms with Crippen LogP contribution in [-0.4, -0.2) is 11.9 Å². The fraction of sp³-hybridized carbons (Fsp3) is 0.0435. The van der Waals surface area contributed by atoms with E-state index in [9.17, 15) is 14.0 Å². The van der Waals surface area contributed by atoms with Gasteiger partial charge in [0.15, 0.2) is 0 Å². The highest BCUT2D eigenvalue weighted by Crippen LogP contribution is 2.11. The first-order valence-corrected chi connectivity index (χ1v) is 8.66. The van der Waals surface area contributed by atoms with Crippen LogP contribution in [0.3, 0.4) is 0 Å². The lowest BCUT2D eigenvalue weighted by Crippen LogP contribution is -2.11. The van der Waals surface area contributed by atoms with Crippen molar-refractivity contribution in [1.82, 2.24) is 0 Å². The van der Waals surface area contributed by atoms with Gasteiger partial charge in [0.2, 0.25) is 0 Å². The average Bonchev–Trinajstić information content (AvgIpc) is 2.73. The summed E-state index contributed by atoms with van der Waals surface area (Å²) in [4.78, 5) is 24.0. The van der Waals surface area contributed by atoms with Gasteiger partial charge in [-0.2, -0.15) is 0 Å². The van der Waals surface area contributed by atoms with Crippen LogP contribution in [0.1, 0.15) is 21.5 Å². The summed E-state index contributed by atoms with van der Waals surface area (Å²) in [6.45, 7) is 0.0566. The van der Waals surface area contributed by atoms with Crippen molar-refractivity contribution in [2.24, 2.45) is 0 Å². The van der Waals surface area contributed by atoms with E-state index in [-0.39, 0.29) is 12.5 Å². The van der Waals surface area contributed by atoms with Gasteiger partial charge in [0.25, 0.3) is 5.91 Å². The maximum absolute atomic E-state index is 13.5. The highest BCUT2D eigenvalue weighted by molar-refractivity contribution is 6.04. The summed E-state index contributed by atoms with van der Waals surface area (Å²) in [6.07, 6.45) is 2.55. The summed E-state index contributed by atoms with van der Waals surface area (Å²) in [6, 6.07) is 22.1. The van der Waals surface area contributed by atoms with E-state index >= 15 is 0 Å². The maximum Gasteiger partial charge on any atom is 0.331 e. The lowest BCUT2D eigenvalue weighted by Gasteiger charge is -2.06. The molecule has 1 amide bonds. The minimum atomic E-state index is -0.575. The number of para-hydroxylation sites is 1. The zero-order valence-electron chi connectivity index (χ0n) is 15.0. The standard InChI is InChI=1S/C23H18FNO3/c24-21-9-5-4-6-18(21)14-15-22(26)28-16-17-10-12-19(13-11-17)23(27)25-20-7-2-1-3-8-20/h1-15H,16H2,(H,25,27). The Hall–Kier alpha value is -3.73. The highest BCUT2D eigenvalue weighted by Gasteiger charge is 2.06. The van der Waals surface area contributed by atoms with Crippen LogP contribution in [-0.2, 0) is 16.1 Å². The van der Waals surface area contributed by atoms with Crippen LogP contribution < -0.4 is 5.32 Å². The molecule has 0 unspecified atom stereocenters. The first-order chi connectivity index (χ1) is 13.6. The molecule has 0 atom stereocenters. The molecule has 0 aromatic heterocycles. The SMILES string of the molecule is O=C(C=Cc1ccccc1F)OCc1ccc(C(=O)Nc2ccccc2)cc1. The molecule has 0 radical (unpaired) electrons. The molecule has 0 saturated carbocycles. The van der Waals surface area contributed by atoms with Crippen molar-refractivity contribution >= 4 is 23.6 Å². The smallest absolute Gasteiger partial charge is 0.331 e. The van der Waals surface area contributed by atoms with Crippen LogP contribution in [0.2, 0.25) is 0 Å². The summed E-state index contributed by atoms with van der Waals surface area (Å²) < 4.78 is 18.6. The number of carbonyl (C=O) groups is 2. The number of rotatable bonds is 6. The molecule has 0 fully saturated rings. The molecule has 0 aliphatic rings. The fourth-order valence-corrected chi connectivity index (χ4v) is 2.45. The van der Waals surface area contributed by atoms with Gasteiger partial charge in [-0.3, -0.25) is 4.79 Å². The number of hydrogen-bond acceptors (Lipinski definition) is 3. The molecule has 4 nitrogen and oxygen atoms in total. The number of amides is 1. The van der Waals surface area contributed by atoms with Crippen LogP contribution in [0.15, 0.2) is 84.9 Å². The van der Waals surface area contributed by atoms with E-state index in [0.29, 0.717) is 16.8 Å². The van der Waals surface area contributed by atoms with Gasteiger partial charge in [0.05, 0.1) is 0 Å². The molecule has 0 spiro atoms. The summed E-state index contributed by atoms with van der Waals surface area (Å²) in [5, 5.41) is 2.80.